The number of furan rings is 1. The number of methoxy groups -OCH3 is 2. The van der Waals surface area contributed by atoms with Crippen molar-refractivity contribution in [2.24, 2.45) is 0 Å². The molecule has 0 bridgehead atoms. The van der Waals surface area contributed by atoms with Crippen LogP contribution in [0.2, 0.25) is 0 Å². The summed E-state index contributed by atoms with van der Waals surface area (Å²) in [6.45, 7) is 0.136. The van der Waals surface area contributed by atoms with Gasteiger partial charge in [-0.05, 0) is 61.2 Å². The number of benzene rings is 2. The van der Waals surface area contributed by atoms with Gasteiger partial charge >= 0.3 is 0 Å². The van der Waals surface area contributed by atoms with Crippen molar-refractivity contribution in [2.45, 2.75) is 36.7 Å². The van der Waals surface area contributed by atoms with Crippen molar-refractivity contribution in [3.63, 3.8) is 0 Å². The Bertz CT molecular complexity index is 1370. The first-order valence-electron chi connectivity index (χ1n) is 12.0. The second-order valence-electron chi connectivity index (χ2n) is 8.87. The van der Waals surface area contributed by atoms with Gasteiger partial charge in [0.1, 0.15) is 5.76 Å². The van der Waals surface area contributed by atoms with Crippen molar-refractivity contribution >= 4 is 21.6 Å². The molecule has 1 aromatic heterocycles. The predicted molar refractivity (Wildman–Crippen MR) is 137 cm³/mol. The van der Waals surface area contributed by atoms with Gasteiger partial charge in [0, 0.05) is 24.7 Å². The van der Waals surface area contributed by atoms with E-state index < -0.39 is 14.9 Å². The monoisotopic (exact) mass is 543 g/mol. The summed E-state index contributed by atoms with van der Waals surface area (Å²) in [5.74, 6) is 1.36. The molecule has 38 heavy (non-hydrogen) atoms. The molecule has 1 aliphatic rings. The van der Waals surface area contributed by atoms with Gasteiger partial charge in [-0.3, -0.25) is 14.9 Å². The van der Waals surface area contributed by atoms with E-state index in [1.807, 2.05) is 12.1 Å². The lowest BCUT2D eigenvalue weighted by molar-refractivity contribution is -0.384. The molecule has 3 aromatic rings. The molecule has 0 saturated heterocycles. The van der Waals surface area contributed by atoms with Crippen LogP contribution in [0, 0.1) is 10.1 Å². The minimum atomic E-state index is -4.05. The number of amides is 1. The number of carbonyl (C=O) groups excluding carboxylic acids is 1. The van der Waals surface area contributed by atoms with E-state index in [0.29, 0.717) is 43.1 Å². The fourth-order valence-corrected chi connectivity index (χ4v) is 5.70. The normalized spacial score (nSPS) is 13.3. The highest BCUT2D eigenvalue weighted by Gasteiger charge is 2.40. The highest BCUT2D eigenvalue weighted by atomic mass is 32.2. The molecule has 1 heterocycles. The third kappa shape index (κ3) is 6.32. The van der Waals surface area contributed by atoms with E-state index in [1.54, 1.807) is 37.3 Å². The van der Waals surface area contributed by atoms with E-state index in [-0.39, 0.29) is 35.6 Å². The van der Waals surface area contributed by atoms with Gasteiger partial charge < -0.3 is 18.8 Å². The van der Waals surface area contributed by atoms with E-state index in [2.05, 4.69) is 0 Å². The highest BCUT2D eigenvalue weighted by Crippen LogP contribution is 2.33. The van der Waals surface area contributed by atoms with Crippen LogP contribution in [0.1, 0.15) is 24.2 Å². The maximum Gasteiger partial charge on any atom is 0.269 e. The minimum absolute atomic E-state index is 0.0919. The Hall–Kier alpha value is -3.90. The summed E-state index contributed by atoms with van der Waals surface area (Å²) in [7, 11) is -0.944. The number of hydrogen-bond donors (Lipinski definition) is 0. The van der Waals surface area contributed by atoms with E-state index in [9.17, 15) is 23.3 Å². The number of rotatable bonds is 13. The number of hydrogen-bond acceptors (Lipinski definition) is 8. The van der Waals surface area contributed by atoms with E-state index >= 15 is 0 Å². The largest absolute Gasteiger partial charge is 0.493 e. The number of nitro benzene ring substituents is 1. The fraction of sp³-hybridized carbons (Fsp3) is 0.346. The Morgan fingerprint density at radius 2 is 1.79 bits per heavy atom. The molecule has 0 spiro atoms. The molecular formula is C26H29N3O8S. The van der Waals surface area contributed by atoms with Gasteiger partial charge in [-0.25, -0.2) is 8.42 Å². The van der Waals surface area contributed by atoms with Crippen LogP contribution < -0.4 is 9.47 Å². The topological polar surface area (TPSA) is 132 Å². The zero-order valence-corrected chi connectivity index (χ0v) is 21.9. The summed E-state index contributed by atoms with van der Waals surface area (Å²) < 4.78 is 44.1. The van der Waals surface area contributed by atoms with Crippen molar-refractivity contribution in [1.82, 2.24) is 9.21 Å². The van der Waals surface area contributed by atoms with Crippen LogP contribution in [0.5, 0.6) is 11.5 Å². The van der Waals surface area contributed by atoms with Gasteiger partial charge in [-0.2, -0.15) is 4.31 Å². The molecule has 0 unspecified atom stereocenters. The van der Waals surface area contributed by atoms with Crippen molar-refractivity contribution in [3.8, 4) is 11.5 Å². The third-order valence-corrected chi connectivity index (χ3v) is 8.21. The lowest BCUT2D eigenvalue weighted by Crippen LogP contribution is -2.44. The van der Waals surface area contributed by atoms with Crippen molar-refractivity contribution in [2.75, 3.05) is 27.3 Å². The summed E-state index contributed by atoms with van der Waals surface area (Å²) in [5.41, 5.74) is 0.704. The lowest BCUT2D eigenvalue weighted by Gasteiger charge is -2.27. The lowest BCUT2D eigenvalue weighted by atomic mass is 10.1. The Kier molecular flexibility index (Phi) is 8.32. The van der Waals surface area contributed by atoms with E-state index in [1.165, 1.54) is 22.7 Å². The molecule has 0 atom stereocenters. The number of sulfonamides is 1. The molecule has 0 radical (unpaired) electrons. The van der Waals surface area contributed by atoms with Gasteiger partial charge in [-0.1, -0.05) is 6.07 Å². The Labute approximate surface area is 220 Å². The summed E-state index contributed by atoms with van der Waals surface area (Å²) in [5, 5.41) is 11.0. The van der Waals surface area contributed by atoms with E-state index in [0.717, 1.165) is 17.7 Å². The Morgan fingerprint density at radius 1 is 1.08 bits per heavy atom. The average molecular weight is 544 g/mol. The molecule has 11 nitrogen and oxygen atoms in total. The fourth-order valence-electron chi connectivity index (χ4n) is 4.06. The first-order valence-corrected chi connectivity index (χ1v) is 13.4. The summed E-state index contributed by atoms with van der Waals surface area (Å²) >= 11 is 0. The van der Waals surface area contributed by atoms with Crippen LogP contribution in [-0.4, -0.2) is 61.8 Å². The number of non-ortho nitro benzene ring substituents is 1. The standard InChI is InChI=1S/C26H29N3O8S/c1-35-24-12-5-19(16-25(24)36-2)13-14-27(17-22-4-3-15-37-22)26(30)18-28(20-6-7-20)38(33,34)23-10-8-21(9-11-23)29(31)32/h3-5,8-12,15-16,20H,6-7,13-14,17-18H2,1-2H3. The maximum absolute atomic E-state index is 13.5. The number of nitro groups is 1. The molecule has 1 fully saturated rings. The second-order valence-corrected chi connectivity index (χ2v) is 10.8. The minimum Gasteiger partial charge on any atom is -0.493 e. The first kappa shape index (κ1) is 27.1. The second kappa shape index (κ2) is 11.7. The highest BCUT2D eigenvalue weighted by molar-refractivity contribution is 7.89. The molecule has 12 heteroatoms. The summed E-state index contributed by atoms with van der Waals surface area (Å²) in [6.07, 6.45) is 3.29. The van der Waals surface area contributed by atoms with Crippen LogP contribution in [-0.2, 0) is 27.8 Å². The molecule has 1 saturated carbocycles. The van der Waals surface area contributed by atoms with Crippen LogP contribution >= 0.6 is 0 Å². The predicted octanol–water partition coefficient (Wildman–Crippen LogP) is 3.63. The maximum atomic E-state index is 13.5. The summed E-state index contributed by atoms with van der Waals surface area (Å²) in [4.78, 5) is 25.4. The Balaban J connectivity index is 1.53. The number of nitrogens with zero attached hydrogens (tertiary/aromatic N) is 3. The van der Waals surface area contributed by atoms with Crippen molar-refractivity contribution in [3.05, 3.63) is 82.3 Å². The smallest absolute Gasteiger partial charge is 0.269 e. The van der Waals surface area contributed by atoms with Gasteiger partial charge in [0.25, 0.3) is 5.69 Å². The van der Waals surface area contributed by atoms with Crippen molar-refractivity contribution in [1.29, 1.82) is 0 Å². The van der Waals surface area contributed by atoms with Gasteiger partial charge in [-0.15, -0.1) is 0 Å². The van der Waals surface area contributed by atoms with Gasteiger partial charge in [0.15, 0.2) is 11.5 Å². The molecule has 1 aliphatic carbocycles. The van der Waals surface area contributed by atoms with Gasteiger partial charge in [0.05, 0.1) is 43.4 Å². The molecule has 2 aromatic carbocycles. The SMILES string of the molecule is COc1ccc(CCN(Cc2ccco2)C(=O)CN(C2CC2)S(=O)(=O)c2ccc([N+](=O)[O-])cc2)cc1OC. The third-order valence-electron chi connectivity index (χ3n) is 6.30. The number of carbonyl (C=O) groups is 1. The molecule has 4 rings (SSSR count). The Morgan fingerprint density at radius 3 is 2.37 bits per heavy atom. The van der Waals surface area contributed by atoms with Crippen LogP contribution in [0.25, 0.3) is 0 Å². The first-order chi connectivity index (χ1) is 18.2. The zero-order valence-electron chi connectivity index (χ0n) is 21.1. The molecular weight excluding hydrogens is 514 g/mol. The molecule has 0 aliphatic heterocycles. The van der Waals surface area contributed by atoms with Crippen LogP contribution in [0.4, 0.5) is 5.69 Å². The average Bonchev–Trinajstić information content (AvgIpc) is 3.63. The molecule has 202 valence electrons. The van der Waals surface area contributed by atoms with E-state index in [4.69, 9.17) is 13.9 Å². The molecule has 0 N–H and O–H groups in total. The molecule has 1 amide bonds. The summed E-state index contributed by atoms with van der Waals surface area (Å²) in [6, 6.07) is 13.4. The van der Waals surface area contributed by atoms with Gasteiger partial charge in [0.2, 0.25) is 15.9 Å². The number of ether oxygens (including phenoxy) is 2. The van der Waals surface area contributed by atoms with Crippen molar-refractivity contribution < 1.29 is 32.0 Å². The van der Waals surface area contributed by atoms with Crippen LogP contribution in [0.3, 0.4) is 0 Å². The quantitative estimate of drug-likeness (QED) is 0.236. The van der Waals surface area contributed by atoms with Crippen LogP contribution in [0.15, 0.2) is 70.2 Å². The zero-order chi connectivity index (χ0) is 27.3.